The Bertz CT molecular complexity index is 842. The van der Waals surface area contributed by atoms with E-state index >= 15 is 0 Å². The summed E-state index contributed by atoms with van der Waals surface area (Å²) in [6, 6.07) is 3.59. The van der Waals surface area contributed by atoms with Crippen LogP contribution in [0.15, 0.2) is 23.9 Å². The lowest BCUT2D eigenvalue weighted by molar-refractivity contribution is 0.122. The molecule has 2 aromatic heterocycles. The van der Waals surface area contributed by atoms with Crippen LogP contribution in [0.1, 0.15) is 18.7 Å². The molecule has 0 amide bonds. The summed E-state index contributed by atoms with van der Waals surface area (Å²) in [6.07, 6.45) is 2.17. The molecule has 2 N–H and O–H groups in total. The highest BCUT2D eigenvalue weighted by Gasteiger charge is 2.25. The number of nitrogens with zero attached hydrogens (tertiary/aromatic N) is 6. The number of morpholine rings is 1. The zero-order valence-corrected chi connectivity index (χ0v) is 16.1. The third kappa shape index (κ3) is 3.71. The Balaban J connectivity index is 1.60. The van der Waals surface area contributed by atoms with Crippen molar-refractivity contribution in [2.24, 2.45) is 0 Å². The lowest BCUT2D eigenvalue weighted by Crippen LogP contribution is -2.38. The van der Waals surface area contributed by atoms with E-state index in [0.717, 1.165) is 37.7 Å². The first-order valence-corrected chi connectivity index (χ1v) is 9.30. The third-order valence-corrected chi connectivity index (χ3v) is 4.97. The number of aromatic nitrogens is 3. The van der Waals surface area contributed by atoms with E-state index in [-0.39, 0.29) is 11.9 Å². The standard InChI is InChI=1S/C18H27N7O2/c1-13-10-14(20-24(13)5-4-22(2)3)15-11-16-19-17(26)12-18(25(16)21-15)23-6-8-27-9-7-23/h10-12,14,20H,4-9H2,1-3H3,(H,19,26). The number of hydrazine groups is 1. The van der Waals surface area contributed by atoms with E-state index in [2.05, 4.69) is 52.3 Å². The summed E-state index contributed by atoms with van der Waals surface area (Å²) >= 11 is 0. The maximum Gasteiger partial charge on any atom is 0.216 e. The SMILES string of the molecule is CC1=CC(c2cc3nc(O)cc(N4CCOCC4)n3n2)NN1CCN(C)C. The van der Waals surface area contributed by atoms with Crippen molar-refractivity contribution in [2.75, 3.05) is 58.4 Å². The molecule has 0 aliphatic carbocycles. The first kappa shape index (κ1) is 18.0. The Labute approximate surface area is 158 Å². The molecule has 0 spiro atoms. The summed E-state index contributed by atoms with van der Waals surface area (Å²) in [4.78, 5) is 8.58. The van der Waals surface area contributed by atoms with Gasteiger partial charge in [0.25, 0.3) is 0 Å². The van der Waals surface area contributed by atoms with Gasteiger partial charge in [0.2, 0.25) is 5.88 Å². The largest absolute Gasteiger partial charge is 0.493 e. The minimum absolute atomic E-state index is 0.00598. The molecule has 9 nitrogen and oxygen atoms in total. The Morgan fingerprint density at radius 2 is 2.07 bits per heavy atom. The van der Waals surface area contributed by atoms with E-state index in [1.165, 1.54) is 5.70 Å². The molecule has 1 saturated heterocycles. The molecule has 146 valence electrons. The number of nitrogens with one attached hydrogen (secondary N) is 1. The fraction of sp³-hybridized carbons (Fsp3) is 0.556. The monoisotopic (exact) mass is 373 g/mol. The van der Waals surface area contributed by atoms with Crippen molar-refractivity contribution in [1.29, 1.82) is 0 Å². The second kappa shape index (κ2) is 7.34. The van der Waals surface area contributed by atoms with Crippen LogP contribution in [0.4, 0.5) is 5.82 Å². The molecule has 4 heterocycles. The second-order valence-electron chi connectivity index (χ2n) is 7.28. The van der Waals surface area contributed by atoms with E-state index in [4.69, 9.17) is 9.84 Å². The average molecular weight is 373 g/mol. The molecular weight excluding hydrogens is 346 g/mol. The highest BCUT2D eigenvalue weighted by Crippen LogP contribution is 2.27. The first-order chi connectivity index (χ1) is 13.0. The topological polar surface area (TPSA) is 81.4 Å². The van der Waals surface area contributed by atoms with Crippen LogP contribution in [0.5, 0.6) is 5.88 Å². The Kier molecular flexibility index (Phi) is 4.90. The molecule has 4 rings (SSSR count). The van der Waals surface area contributed by atoms with Crippen LogP contribution in [0.2, 0.25) is 0 Å². The second-order valence-corrected chi connectivity index (χ2v) is 7.28. The highest BCUT2D eigenvalue weighted by molar-refractivity contribution is 5.54. The number of aromatic hydroxyl groups is 1. The summed E-state index contributed by atoms with van der Waals surface area (Å²) in [6.45, 7) is 6.85. The van der Waals surface area contributed by atoms with Gasteiger partial charge >= 0.3 is 0 Å². The smallest absolute Gasteiger partial charge is 0.216 e. The molecule has 9 heteroatoms. The van der Waals surface area contributed by atoms with Gasteiger partial charge < -0.3 is 24.7 Å². The molecular formula is C18H27N7O2. The van der Waals surface area contributed by atoms with Crippen molar-refractivity contribution in [3.63, 3.8) is 0 Å². The number of hydrogen-bond donors (Lipinski definition) is 2. The molecule has 0 aromatic carbocycles. The summed E-state index contributed by atoms with van der Waals surface area (Å²) in [7, 11) is 4.14. The van der Waals surface area contributed by atoms with Crippen molar-refractivity contribution in [2.45, 2.75) is 13.0 Å². The predicted molar refractivity (Wildman–Crippen MR) is 103 cm³/mol. The third-order valence-electron chi connectivity index (χ3n) is 4.97. The Morgan fingerprint density at radius 1 is 1.30 bits per heavy atom. The zero-order valence-electron chi connectivity index (χ0n) is 16.1. The maximum absolute atomic E-state index is 10.1. The van der Waals surface area contributed by atoms with Crippen LogP contribution < -0.4 is 10.3 Å². The number of likely N-dealkylation sites (N-methyl/N-ethyl adjacent to an activating group) is 1. The van der Waals surface area contributed by atoms with Gasteiger partial charge in [0.15, 0.2) is 5.65 Å². The van der Waals surface area contributed by atoms with Crippen molar-refractivity contribution < 1.29 is 9.84 Å². The summed E-state index contributed by atoms with van der Waals surface area (Å²) in [5, 5.41) is 17.0. The van der Waals surface area contributed by atoms with Crippen molar-refractivity contribution in [3.05, 3.63) is 29.6 Å². The predicted octanol–water partition coefficient (Wildman–Crippen LogP) is 0.598. The molecule has 1 fully saturated rings. The van der Waals surface area contributed by atoms with Crippen LogP contribution in [0.25, 0.3) is 5.65 Å². The lowest BCUT2D eigenvalue weighted by atomic mass is 10.2. The van der Waals surface area contributed by atoms with Gasteiger partial charge in [-0.25, -0.2) is 5.43 Å². The number of allylic oxidation sites excluding steroid dienone is 1. The summed E-state index contributed by atoms with van der Waals surface area (Å²) < 4.78 is 7.25. The van der Waals surface area contributed by atoms with Gasteiger partial charge in [-0.15, -0.1) is 0 Å². The molecule has 2 aromatic rings. The van der Waals surface area contributed by atoms with Crippen LogP contribution in [0.3, 0.4) is 0 Å². The van der Waals surface area contributed by atoms with Gasteiger partial charge in [-0.05, 0) is 27.1 Å². The number of ether oxygens (including phenoxy) is 1. The van der Waals surface area contributed by atoms with Crippen molar-refractivity contribution in [1.82, 2.24) is 29.9 Å². The van der Waals surface area contributed by atoms with E-state index in [1.807, 2.05) is 10.6 Å². The normalized spacial score (nSPS) is 20.7. The fourth-order valence-corrected chi connectivity index (χ4v) is 3.46. The molecule has 2 aliphatic heterocycles. The van der Waals surface area contributed by atoms with E-state index in [1.54, 1.807) is 6.07 Å². The van der Waals surface area contributed by atoms with Gasteiger partial charge in [0, 0.05) is 44.0 Å². The van der Waals surface area contributed by atoms with E-state index in [0.29, 0.717) is 18.9 Å². The molecule has 1 unspecified atom stereocenters. The van der Waals surface area contributed by atoms with E-state index < -0.39 is 0 Å². The van der Waals surface area contributed by atoms with Gasteiger partial charge in [-0.2, -0.15) is 14.6 Å². The van der Waals surface area contributed by atoms with Crippen LogP contribution in [0, 0.1) is 0 Å². The molecule has 0 saturated carbocycles. The maximum atomic E-state index is 10.1. The molecule has 2 aliphatic rings. The van der Waals surface area contributed by atoms with Crippen molar-refractivity contribution >= 4 is 11.5 Å². The Morgan fingerprint density at radius 3 is 2.81 bits per heavy atom. The molecule has 0 radical (unpaired) electrons. The van der Waals surface area contributed by atoms with Crippen LogP contribution in [-0.4, -0.2) is 83.1 Å². The van der Waals surface area contributed by atoms with E-state index in [9.17, 15) is 5.11 Å². The average Bonchev–Trinajstić information content (AvgIpc) is 3.23. The van der Waals surface area contributed by atoms with Gasteiger partial charge in [0.05, 0.1) is 24.9 Å². The number of rotatable bonds is 5. The minimum atomic E-state index is -0.00598. The van der Waals surface area contributed by atoms with Gasteiger partial charge in [-0.1, -0.05) is 0 Å². The summed E-state index contributed by atoms with van der Waals surface area (Å²) in [5.41, 5.74) is 6.21. The molecule has 27 heavy (non-hydrogen) atoms. The van der Waals surface area contributed by atoms with Crippen molar-refractivity contribution in [3.8, 4) is 5.88 Å². The molecule has 1 atom stereocenters. The fourth-order valence-electron chi connectivity index (χ4n) is 3.46. The minimum Gasteiger partial charge on any atom is -0.493 e. The number of hydrogen-bond acceptors (Lipinski definition) is 8. The number of fused-ring (bicyclic) bond motifs is 1. The van der Waals surface area contributed by atoms with Crippen LogP contribution in [-0.2, 0) is 4.74 Å². The van der Waals surface area contributed by atoms with Crippen LogP contribution >= 0.6 is 0 Å². The zero-order chi connectivity index (χ0) is 19.0. The number of anilines is 1. The van der Waals surface area contributed by atoms with Gasteiger partial charge in [0.1, 0.15) is 5.82 Å². The van der Waals surface area contributed by atoms with Gasteiger partial charge in [-0.3, -0.25) is 0 Å². The summed E-state index contributed by atoms with van der Waals surface area (Å²) in [5.74, 6) is 0.851. The first-order valence-electron chi connectivity index (χ1n) is 9.30. The highest BCUT2D eigenvalue weighted by atomic mass is 16.5. The lowest BCUT2D eigenvalue weighted by Gasteiger charge is -2.28. The molecule has 0 bridgehead atoms. The quantitative estimate of drug-likeness (QED) is 0.789. The Hall–Kier alpha value is -2.36.